The maximum atomic E-state index is 12.0. The van der Waals surface area contributed by atoms with Crippen LogP contribution in [0, 0.1) is 16.7 Å². The molecule has 104 valence electrons. The molecule has 2 heterocycles. The second-order valence-corrected chi connectivity index (χ2v) is 6.00. The maximum absolute atomic E-state index is 12.0. The molecular formula is C14H21N3O2. The predicted molar refractivity (Wildman–Crippen MR) is 69.2 cm³/mol. The number of nitrogens with zero attached hydrogens (tertiary/aromatic N) is 2. The summed E-state index contributed by atoms with van der Waals surface area (Å²) in [5.74, 6) is -0.103. The monoisotopic (exact) mass is 263 g/mol. The van der Waals surface area contributed by atoms with Crippen LogP contribution in [0.3, 0.4) is 0 Å². The van der Waals surface area contributed by atoms with E-state index in [9.17, 15) is 4.79 Å². The lowest BCUT2D eigenvalue weighted by Gasteiger charge is -2.37. The molecule has 3 fully saturated rings. The largest absolute Gasteiger partial charge is 0.373 e. The molecule has 3 aliphatic rings. The number of morpholine rings is 1. The highest BCUT2D eigenvalue weighted by atomic mass is 16.5. The van der Waals surface area contributed by atoms with E-state index in [0.717, 1.165) is 26.1 Å². The number of hydrogen-bond donors (Lipinski definition) is 1. The van der Waals surface area contributed by atoms with Crippen LogP contribution in [-0.2, 0) is 9.53 Å². The molecule has 2 unspecified atom stereocenters. The smallest absolute Gasteiger partial charge is 0.240 e. The Morgan fingerprint density at radius 2 is 2.32 bits per heavy atom. The highest BCUT2D eigenvalue weighted by molar-refractivity contribution is 5.86. The van der Waals surface area contributed by atoms with Crippen LogP contribution in [0.5, 0.6) is 0 Å². The minimum absolute atomic E-state index is 0.0779. The molecule has 0 bridgehead atoms. The number of carbonyl (C=O) groups excluding carboxylic acids is 1. The van der Waals surface area contributed by atoms with Crippen LogP contribution in [-0.4, -0.2) is 49.2 Å². The first kappa shape index (κ1) is 12.9. The summed E-state index contributed by atoms with van der Waals surface area (Å²) in [7, 11) is 0. The van der Waals surface area contributed by atoms with E-state index in [2.05, 4.69) is 16.3 Å². The van der Waals surface area contributed by atoms with Gasteiger partial charge in [-0.25, -0.2) is 0 Å². The van der Waals surface area contributed by atoms with Crippen LogP contribution in [0.4, 0.5) is 0 Å². The van der Waals surface area contributed by atoms with E-state index in [1.807, 2.05) is 0 Å². The Hall–Kier alpha value is -1.12. The van der Waals surface area contributed by atoms with E-state index in [1.54, 1.807) is 0 Å². The van der Waals surface area contributed by atoms with Crippen molar-refractivity contribution in [1.82, 2.24) is 10.2 Å². The van der Waals surface area contributed by atoms with Crippen LogP contribution in [0.15, 0.2) is 0 Å². The first-order valence-electron chi connectivity index (χ1n) is 7.29. The van der Waals surface area contributed by atoms with Crippen LogP contribution < -0.4 is 5.32 Å². The van der Waals surface area contributed by atoms with Gasteiger partial charge < -0.3 is 10.1 Å². The third kappa shape index (κ3) is 2.35. The third-order valence-corrected chi connectivity index (χ3v) is 4.81. The molecule has 1 aliphatic carbocycles. The van der Waals surface area contributed by atoms with Crippen molar-refractivity contribution >= 4 is 5.91 Å². The van der Waals surface area contributed by atoms with E-state index in [1.165, 1.54) is 12.8 Å². The average Bonchev–Trinajstić information content (AvgIpc) is 2.83. The van der Waals surface area contributed by atoms with Gasteiger partial charge >= 0.3 is 0 Å². The molecule has 3 rings (SSSR count). The van der Waals surface area contributed by atoms with Gasteiger partial charge in [-0.2, -0.15) is 5.26 Å². The van der Waals surface area contributed by atoms with Crippen molar-refractivity contribution in [2.75, 3.05) is 26.2 Å². The molecule has 0 spiro atoms. The molecule has 2 aliphatic heterocycles. The molecule has 2 saturated heterocycles. The van der Waals surface area contributed by atoms with Gasteiger partial charge in [0.15, 0.2) is 0 Å². The predicted octanol–water partition coefficient (Wildman–Crippen LogP) is 0.660. The molecule has 2 atom stereocenters. The summed E-state index contributed by atoms with van der Waals surface area (Å²) in [6.45, 7) is 3.38. The van der Waals surface area contributed by atoms with Crippen LogP contribution in [0.25, 0.3) is 0 Å². The molecule has 0 aromatic heterocycles. The zero-order chi connectivity index (χ0) is 13.3. The van der Waals surface area contributed by atoms with Gasteiger partial charge in [0.1, 0.15) is 5.41 Å². The Balaban J connectivity index is 1.47. The number of ether oxygens (including phenoxy) is 1. The van der Waals surface area contributed by atoms with Gasteiger partial charge in [0.05, 0.1) is 18.8 Å². The van der Waals surface area contributed by atoms with Gasteiger partial charge in [-0.3, -0.25) is 9.69 Å². The first-order valence-corrected chi connectivity index (χ1v) is 7.29. The Kier molecular flexibility index (Phi) is 3.46. The zero-order valence-corrected chi connectivity index (χ0v) is 11.2. The summed E-state index contributed by atoms with van der Waals surface area (Å²) in [5.41, 5.74) is -0.745. The van der Waals surface area contributed by atoms with E-state index < -0.39 is 5.41 Å². The number of rotatable bonds is 3. The molecule has 0 aromatic rings. The summed E-state index contributed by atoms with van der Waals surface area (Å²) in [4.78, 5) is 14.5. The highest BCUT2D eigenvalue weighted by Crippen LogP contribution is 2.40. The van der Waals surface area contributed by atoms with Gasteiger partial charge in [-0.05, 0) is 38.6 Å². The molecule has 1 saturated carbocycles. The Morgan fingerprint density at radius 1 is 1.47 bits per heavy atom. The molecule has 1 N–H and O–H groups in total. The number of hydrogen-bond acceptors (Lipinski definition) is 4. The molecule has 0 radical (unpaired) electrons. The maximum Gasteiger partial charge on any atom is 0.240 e. The van der Waals surface area contributed by atoms with E-state index in [4.69, 9.17) is 10.00 Å². The lowest BCUT2D eigenvalue weighted by Crippen LogP contribution is -2.52. The minimum atomic E-state index is -0.745. The fourth-order valence-electron chi connectivity index (χ4n) is 3.30. The molecule has 1 amide bonds. The van der Waals surface area contributed by atoms with Gasteiger partial charge in [0.25, 0.3) is 0 Å². The van der Waals surface area contributed by atoms with Crippen molar-refractivity contribution in [3.8, 4) is 6.07 Å². The quantitative estimate of drug-likeness (QED) is 0.812. The van der Waals surface area contributed by atoms with Crippen molar-refractivity contribution < 1.29 is 9.53 Å². The second kappa shape index (κ2) is 5.10. The number of nitrogens with one attached hydrogen (secondary N) is 1. The summed E-state index contributed by atoms with van der Waals surface area (Å²) >= 11 is 0. The van der Waals surface area contributed by atoms with E-state index in [0.29, 0.717) is 25.4 Å². The minimum Gasteiger partial charge on any atom is -0.373 e. The van der Waals surface area contributed by atoms with Crippen molar-refractivity contribution in [3.63, 3.8) is 0 Å². The van der Waals surface area contributed by atoms with E-state index in [-0.39, 0.29) is 12.0 Å². The molecule has 5 nitrogen and oxygen atoms in total. The average molecular weight is 263 g/mol. The van der Waals surface area contributed by atoms with Crippen LogP contribution in [0.2, 0.25) is 0 Å². The van der Waals surface area contributed by atoms with Crippen LogP contribution >= 0.6 is 0 Å². The first-order chi connectivity index (χ1) is 9.23. The van der Waals surface area contributed by atoms with Crippen molar-refractivity contribution in [2.45, 2.75) is 44.2 Å². The fraction of sp³-hybridized carbons (Fsp3) is 0.857. The van der Waals surface area contributed by atoms with Gasteiger partial charge in [0.2, 0.25) is 5.91 Å². The van der Waals surface area contributed by atoms with Gasteiger partial charge in [0, 0.05) is 19.1 Å². The highest BCUT2D eigenvalue weighted by Gasteiger charge is 2.44. The second-order valence-electron chi connectivity index (χ2n) is 6.00. The molecule has 5 heteroatoms. The molecule has 0 aromatic carbocycles. The van der Waals surface area contributed by atoms with Crippen molar-refractivity contribution in [3.05, 3.63) is 0 Å². The van der Waals surface area contributed by atoms with Crippen molar-refractivity contribution in [2.24, 2.45) is 5.41 Å². The SMILES string of the molecule is N#CC1(C(=O)NCC2CN3CCCC3CO2)CCC1. The number of nitriles is 1. The summed E-state index contributed by atoms with van der Waals surface area (Å²) in [6, 6.07) is 2.76. The van der Waals surface area contributed by atoms with Crippen molar-refractivity contribution in [1.29, 1.82) is 5.26 Å². The number of fused-ring (bicyclic) bond motifs is 1. The Bertz CT molecular complexity index is 400. The Labute approximate surface area is 113 Å². The summed E-state index contributed by atoms with van der Waals surface area (Å²) < 4.78 is 5.80. The summed E-state index contributed by atoms with van der Waals surface area (Å²) in [5, 5.41) is 12.0. The number of amides is 1. The lowest BCUT2D eigenvalue weighted by molar-refractivity contribution is -0.133. The standard InChI is InChI=1S/C14H21N3O2/c15-10-14(4-2-5-14)13(18)16-7-12-8-17-6-1-3-11(17)9-19-12/h11-12H,1-9H2,(H,16,18). The Morgan fingerprint density at radius 3 is 3.00 bits per heavy atom. The van der Waals surface area contributed by atoms with E-state index >= 15 is 0 Å². The summed E-state index contributed by atoms with van der Waals surface area (Å²) in [6.07, 6.45) is 4.95. The van der Waals surface area contributed by atoms with Crippen LogP contribution in [0.1, 0.15) is 32.1 Å². The fourth-order valence-corrected chi connectivity index (χ4v) is 3.30. The molecule has 19 heavy (non-hydrogen) atoms. The number of carbonyl (C=O) groups is 1. The molecular weight excluding hydrogens is 242 g/mol. The zero-order valence-electron chi connectivity index (χ0n) is 11.2. The normalized spacial score (nSPS) is 33.0. The third-order valence-electron chi connectivity index (χ3n) is 4.81. The lowest BCUT2D eigenvalue weighted by atomic mass is 9.69. The van der Waals surface area contributed by atoms with Gasteiger partial charge in [-0.15, -0.1) is 0 Å². The topological polar surface area (TPSA) is 65.4 Å². The van der Waals surface area contributed by atoms with Gasteiger partial charge in [-0.1, -0.05) is 0 Å².